The lowest BCUT2D eigenvalue weighted by Gasteiger charge is -2.14. The molecule has 0 radical (unpaired) electrons. The third-order valence-corrected chi connectivity index (χ3v) is 2.35. The van der Waals surface area contributed by atoms with Gasteiger partial charge in [-0.15, -0.1) is 0 Å². The predicted octanol–water partition coefficient (Wildman–Crippen LogP) is 1.18. The van der Waals surface area contributed by atoms with E-state index in [1.165, 1.54) is 7.11 Å². The Labute approximate surface area is 99.9 Å². The third kappa shape index (κ3) is 3.64. The van der Waals surface area contributed by atoms with Crippen LogP contribution < -0.4 is 10.5 Å². The normalized spacial score (nSPS) is 12.5. The Morgan fingerprint density at radius 1 is 1.44 bits per heavy atom. The van der Waals surface area contributed by atoms with Gasteiger partial charge in [-0.1, -0.05) is 23.7 Å². The SMILES string of the molecule is COCC(O)COc1c(Cl)cccc1CN. The van der Waals surface area contributed by atoms with Crippen LogP contribution in [0.4, 0.5) is 0 Å². The molecule has 1 unspecified atom stereocenters. The number of aliphatic hydroxyl groups excluding tert-OH is 1. The fraction of sp³-hybridized carbons (Fsp3) is 0.455. The average Bonchev–Trinajstić information content (AvgIpc) is 2.27. The molecule has 3 N–H and O–H groups in total. The summed E-state index contributed by atoms with van der Waals surface area (Å²) in [6, 6.07) is 5.37. The summed E-state index contributed by atoms with van der Waals surface area (Å²) in [4.78, 5) is 0. The summed E-state index contributed by atoms with van der Waals surface area (Å²) in [5, 5.41) is 9.93. The van der Waals surface area contributed by atoms with Gasteiger partial charge in [-0.05, 0) is 6.07 Å². The Kier molecular flexibility index (Phi) is 5.55. The summed E-state index contributed by atoms with van der Waals surface area (Å²) >= 11 is 5.98. The first-order valence-electron chi connectivity index (χ1n) is 4.96. The molecule has 16 heavy (non-hydrogen) atoms. The van der Waals surface area contributed by atoms with Crippen molar-refractivity contribution in [3.63, 3.8) is 0 Å². The van der Waals surface area contributed by atoms with E-state index in [1.54, 1.807) is 6.07 Å². The Hall–Kier alpha value is -0.810. The van der Waals surface area contributed by atoms with Crippen molar-refractivity contribution in [3.05, 3.63) is 28.8 Å². The molecule has 0 fully saturated rings. The first kappa shape index (κ1) is 13.3. The van der Waals surface area contributed by atoms with E-state index in [-0.39, 0.29) is 13.2 Å². The zero-order valence-electron chi connectivity index (χ0n) is 9.15. The number of ether oxygens (including phenoxy) is 2. The highest BCUT2D eigenvalue weighted by Gasteiger charge is 2.10. The fourth-order valence-electron chi connectivity index (χ4n) is 1.30. The minimum atomic E-state index is -0.674. The molecule has 1 atom stereocenters. The van der Waals surface area contributed by atoms with Gasteiger partial charge in [0.05, 0.1) is 11.6 Å². The second-order valence-electron chi connectivity index (χ2n) is 3.35. The van der Waals surface area contributed by atoms with Gasteiger partial charge in [0, 0.05) is 19.2 Å². The Bertz CT molecular complexity index is 333. The van der Waals surface area contributed by atoms with E-state index >= 15 is 0 Å². The van der Waals surface area contributed by atoms with Crippen molar-refractivity contribution < 1.29 is 14.6 Å². The maximum atomic E-state index is 9.44. The number of rotatable bonds is 6. The molecule has 0 amide bonds. The highest BCUT2D eigenvalue weighted by Crippen LogP contribution is 2.28. The molecule has 1 rings (SSSR count). The first-order chi connectivity index (χ1) is 7.69. The lowest BCUT2D eigenvalue weighted by atomic mass is 10.2. The van der Waals surface area contributed by atoms with Crippen LogP contribution in [0.25, 0.3) is 0 Å². The number of halogens is 1. The van der Waals surface area contributed by atoms with Crippen LogP contribution in [-0.2, 0) is 11.3 Å². The van der Waals surface area contributed by atoms with Crippen LogP contribution in [-0.4, -0.2) is 31.5 Å². The second-order valence-corrected chi connectivity index (χ2v) is 3.76. The first-order valence-corrected chi connectivity index (χ1v) is 5.34. The molecule has 5 heteroatoms. The van der Waals surface area contributed by atoms with E-state index in [0.29, 0.717) is 17.3 Å². The summed E-state index contributed by atoms with van der Waals surface area (Å²) in [6.45, 7) is 0.698. The summed E-state index contributed by atoms with van der Waals surface area (Å²) in [7, 11) is 1.52. The number of para-hydroxylation sites is 1. The van der Waals surface area contributed by atoms with Gasteiger partial charge in [0.15, 0.2) is 0 Å². The Balaban J connectivity index is 2.65. The predicted molar refractivity (Wildman–Crippen MR) is 62.7 cm³/mol. The standard InChI is InChI=1S/C11H16ClNO3/c1-15-6-9(14)7-16-11-8(5-13)3-2-4-10(11)12/h2-4,9,14H,5-7,13H2,1H3. The molecule has 0 bridgehead atoms. The van der Waals surface area contributed by atoms with Crippen LogP contribution in [0.5, 0.6) is 5.75 Å². The number of nitrogens with two attached hydrogens (primary N) is 1. The second kappa shape index (κ2) is 6.70. The van der Waals surface area contributed by atoms with Gasteiger partial charge in [-0.2, -0.15) is 0 Å². The number of benzene rings is 1. The molecule has 0 aliphatic heterocycles. The van der Waals surface area contributed by atoms with E-state index in [1.807, 2.05) is 12.1 Å². The van der Waals surface area contributed by atoms with Crippen LogP contribution in [0.2, 0.25) is 5.02 Å². The van der Waals surface area contributed by atoms with Gasteiger partial charge in [0.25, 0.3) is 0 Å². The smallest absolute Gasteiger partial charge is 0.142 e. The van der Waals surface area contributed by atoms with Crippen LogP contribution in [0.15, 0.2) is 18.2 Å². The molecule has 0 spiro atoms. The van der Waals surface area contributed by atoms with E-state index in [4.69, 9.17) is 26.8 Å². The minimum Gasteiger partial charge on any atom is -0.489 e. The van der Waals surface area contributed by atoms with Gasteiger partial charge in [-0.3, -0.25) is 0 Å². The quantitative estimate of drug-likeness (QED) is 0.790. The van der Waals surface area contributed by atoms with E-state index in [2.05, 4.69) is 0 Å². The molecule has 1 aromatic rings. The van der Waals surface area contributed by atoms with Crippen molar-refractivity contribution in [2.75, 3.05) is 20.3 Å². The highest BCUT2D eigenvalue weighted by molar-refractivity contribution is 6.32. The molecule has 4 nitrogen and oxygen atoms in total. The summed E-state index contributed by atoms with van der Waals surface area (Å²) in [6.07, 6.45) is -0.674. The molecule has 0 saturated heterocycles. The van der Waals surface area contributed by atoms with Crippen molar-refractivity contribution in [3.8, 4) is 5.75 Å². The summed E-state index contributed by atoms with van der Waals surface area (Å²) < 4.78 is 10.2. The number of methoxy groups -OCH3 is 1. The van der Waals surface area contributed by atoms with Crippen LogP contribution in [0.3, 0.4) is 0 Å². The van der Waals surface area contributed by atoms with Crippen molar-refractivity contribution in [2.24, 2.45) is 5.73 Å². The Morgan fingerprint density at radius 2 is 2.19 bits per heavy atom. The molecule has 90 valence electrons. The van der Waals surface area contributed by atoms with Crippen molar-refractivity contribution in [1.82, 2.24) is 0 Å². The molecular weight excluding hydrogens is 230 g/mol. The topological polar surface area (TPSA) is 64.7 Å². The molecule has 0 aliphatic carbocycles. The zero-order valence-corrected chi connectivity index (χ0v) is 9.91. The summed E-state index contributed by atoms with van der Waals surface area (Å²) in [5.41, 5.74) is 6.38. The van der Waals surface area contributed by atoms with Crippen LogP contribution in [0, 0.1) is 0 Å². The van der Waals surface area contributed by atoms with E-state index in [9.17, 15) is 5.11 Å². The molecule has 0 aliphatic rings. The lowest BCUT2D eigenvalue weighted by Crippen LogP contribution is -2.23. The molecular formula is C11H16ClNO3. The molecule has 0 aromatic heterocycles. The highest BCUT2D eigenvalue weighted by atomic mass is 35.5. The maximum Gasteiger partial charge on any atom is 0.142 e. The van der Waals surface area contributed by atoms with Gasteiger partial charge in [0.1, 0.15) is 18.5 Å². The van der Waals surface area contributed by atoms with Crippen LogP contribution in [0.1, 0.15) is 5.56 Å². The van der Waals surface area contributed by atoms with Gasteiger partial charge in [0.2, 0.25) is 0 Å². The zero-order chi connectivity index (χ0) is 12.0. The number of hydrogen-bond donors (Lipinski definition) is 2. The van der Waals surface area contributed by atoms with Crippen molar-refractivity contribution >= 4 is 11.6 Å². The van der Waals surface area contributed by atoms with Crippen molar-refractivity contribution in [2.45, 2.75) is 12.6 Å². The van der Waals surface area contributed by atoms with Gasteiger partial charge in [-0.25, -0.2) is 0 Å². The van der Waals surface area contributed by atoms with E-state index in [0.717, 1.165) is 5.56 Å². The molecule has 0 saturated carbocycles. The van der Waals surface area contributed by atoms with Gasteiger partial charge < -0.3 is 20.3 Å². The average molecular weight is 246 g/mol. The monoisotopic (exact) mass is 245 g/mol. The fourth-order valence-corrected chi connectivity index (χ4v) is 1.54. The number of hydrogen-bond acceptors (Lipinski definition) is 4. The third-order valence-electron chi connectivity index (χ3n) is 2.05. The van der Waals surface area contributed by atoms with Crippen molar-refractivity contribution in [1.29, 1.82) is 0 Å². The summed E-state index contributed by atoms with van der Waals surface area (Å²) in [5.74, 6) is 0.529. The van der Waals surface area contributed by atoms with E-state index < -0.39 is 6.10 Å². The van der Waals surface area contributed by atoms with Gasteiger partial charge >= 0.3 is 0 Å². The molecule has 0 heterocycles. The number of aliphatic hydroxyl groups is 1. The largest absolute Gasteiger partial charge is 0.489 e. The molecule has 1 aromatic carbocycles. The maximum absolute atomic E-state index is 9.44. The lowest BCUT2D eigenvalue weighted by molar-refractivity contribution is 0.0323. The Morgan fingerprint density at radius 3 is 2.81 bits per heavy atom. The minimum absolute atomic E-state index is 0.130. The van der Waals surface area contributed by atoms with Crippen LogP contribution >= 0.6 is 11.6 Å².